The average molecular weight is 381 g/mol. The Hall–Kier alpha value is -3.16. The van der Waals surface area contributed by atoms with E-state index < -0.39 is 0 Å². The maximum absolute atomic E-state index is 4.50. The molecule has 8 nitrogen and oxygen atoms in total. The highest BCUT2D eigenvalue weighted by atomic mass is 15.3. The second-order valence-corrected chi connectivity index (χ2v) is 6.92. The van der Waals surface area contributed by atoms with E-state index in [1.165, 1.54) is 11.3 Å². The molecule has 148 valence electrons. The van der Waals surface area contributed by atoms with Crippen molar-refractivity contribution in [1.29, 1.82) is 0 Å². The van der Waals surface area contributed by atoms with Crippen LogP contribution in [-0.2, 0) is 20.0 Å². The molecule has 8 heteroatoms. The van der Waals surface area contributed by atoms with Crippen molar-refractivity contribution in [3.8, 4) is 5.82 Å². The normalized spacial score (nSPS) is 12.8. The fraction of sp³-hybridized carbons (Fsp3) is 0.400. The van der Waals surface area contributed by atoms with Crippen molar-refractivity contribution >= 4 is 5.96 Å². The van der Waals surface area contributed by atoms with E-state index in [1.54, 1.807) is 24.1 Å². The van der Waals surface area contributed by atoms with Gasteiger partial charge in [0.25, 0.3) is 0 Å². The lowest BCUT2D eigenvalue weighted by Crippen LogP contribution is -2.42. The minimum absolute atomic E-state index is 0.227. The summed E-state index contributed by atoms with van der Waals surface area (Å²) in [6, 6.07) is 6.11. The van der Waals surface area contributed by atoms with E-state index in [1.807, 2.05) is 36.1 Å². The highest BCUT2D eigenvalue weighted by molar-refractivity contribution is 5.79. The van der Waals surface area contributed by atoms with Gasteiger partial charge in [-0.2, -0.15) is 10.2 Å². The average Bonchev–Trinajstić information content (AvgIpc) is 3.30. The van der Waals surface area contributed by atoms with Crippen LogP contribution >= 0.6 is 0 Å². The van der Waals surface area contributed by atoms with Gasteiger partial charge >= 0.3 is 0 Å². The van der Waals surface area contributed by atoms with Crippen molar-refractivity contribution in [3.05, 3.63) is 59.3 Å². The van der Waals surface area contributed by atoms with Gasteiger partial charge in [0.1, 0.15) is 0 Å². The summed E-state index contributed by atoms with van der Waals surface area (Å²) < 4.78 is 3.68. The highest BCUT2D eigenvalue weighted by Crippen LogP contribution is 2.14. The van der Waals surface area contributed by atoms with Crippen LogP contribution in [0.15, 0.2) is 41.8 Å². The molecule has 2 N–H and O–H groups in total. The second-order valence-electron chi connectivity index (χ2n) is 6.92. The summed E-state index contributed by atoms with van der Waals surface area (Å²) in [5.41, 5.74) is 4.68. The van der Waals surface area contributed by atoms with Crippen LogP contribution in [0.1, 0.15) is 29.4 Å². The van der Waals surface area contributed by atoms with Gasteiger partial charge in [-0.25, -0.2) is 9.67 Å². The van der Waals surface area contributed by atoms with E-state index in [0.29, 0.717) is 6.54 Å². The molecule has 3 heterocycles. The molecule has 0 spiro atoms. The molecule has 0 radical (unpaired) electrons. The molecule has 3 aromatic heterocycles. The number of rotatable bonds is 6. The zero-order valence-corrected chi connectivity index (χ0v) is 17.1. The van der Waals surface area contributed by atoms with Gasteiger partial charge in [-0.05, 0) is 56.5 Å². The van der Waals surface area contributed by atoms with Gasteiger partial charge in [0.15, 0.2) is 11.8 Å². The van der Waals surface area contributed by atoms with Crippen LogP contribution in [0.4, 0.5) is 0 Å². The lowest BCUT2D eigenvalue weighted by atomic mass is 10.1. The molecule has 0 aromatic carbocycles. The number of pyridine rings is 1. The smallest absolute Gasteiger partial charge is 0.191 e. The van der Waals surface area contributed by atoms with Crippen molar-refractivity contribution in [3.63, 3.8) is 0 Å². The van der Waals surface area contributed by atoms with Gasteiger partial charge in [0.2, 0.25) is 0 Å². The van der Waals surface area contributed by atoms with Crippen LogP contribution in [0.3, 0.4) is 0 Å². The summed E-state index contributed by atoms with van der Waals surface area (Å²) in [5.74, 6) is 1.56. The standard InChI is InChI=1S/C20H28N8/c1-14(11-18-15(2)26-27(5)16(18)3)25-20(21-4)23-13-17-7-9-22-19(12-17)28-10-6-8-24-28/h6-10,12,14H,11,13H2,1-5H3,(H2,21,23,25). The van der Waals surface area contributed by atoms with E-state index >= 15 is 0 Å². The molecule has 0 aliphatic carbocycles. The minimum atomic E-state index is 0.227. The third-order valence-corrected chi connectivity index (χ3v) is 4.78. The van der Waals surface area contributed by atoms with Crippen LogP contribution in [0.5, 0.6) is 0 Å². The molecular formula is C20H28N8. The van der Waals surface area contributed by atoms with Crippen molar-refractivity contribution in [2.24, 2.45) is 12.0 Å². The molecule has 0 fully saturated rings. The molecule has 0 aliphatic heterocycles. The highest BCUT2D eigenvalue weighted by Gasteiger charge is 2.14. The number of aliphatic imine (C=N–C) groups is 1. The van der Waals surface area contributed by atoms with Crippen molar-refractivity contribution in [2.45, 2.75) is 39.8 Å². The van der Waals surface area contributed by atoms with Crippen LogP contribution in [0.25, 0.3) is 5.82 Å². The van der Waals surface area contributed by atoms with Gasteiger partial charge < -0.3 is 10.6 Å². The number of nitrogens with zero attached hydrogens (tertiary/aromatic N) is 6. The Morgan fingerprint density at radius 1 is 1.29 bits per heavy atom. The lowest BCUT2D eigenvalue weighted by molar-refractivity contribution is 0.635. The Bertz CT molecular complexity index is 939. The first-order valence-corrected chi connectivity index (χ1v) is 9.39. The summed E-state index contributed by atoms with van der Waals surface area (Å²) in [6.45, 7) is 6.97. The first kappa shape index (κ1) is 19.6. The topological polar surface area (TPSA) is 84.9 Å². The Morgan fingerprint density at radius 2 is 2.11 bits per heavy atom. The van der Waals surface area contributed by atoms with Gasteiger partial charge in [0, 0.05) is 51.0 Å². The maximum Gasteiger partial charge on any atom is 0.191 e. The number of nitrogens with one attached hydrogen (secondary N) is 2. The van der Waals surface area contributed by atoms with Gasteiger partial charge in [-0.15, -0.1) is 0 Å². The SMILES string of the molecule is CN=C(NCc1ccnc(-n2cccn2)c1)NC(C)Cc1c(C)nn(C)c1C. The molecule has 1 atom stereocenters. The number of hydrogen-bond donors (Lipinski definition) is 2. The fourth-order valence-electron chi connectivity index (χ4n) is 3.18. The molecule has 0 amide bonds. The molecule has 0 saturated heterocycles. The predicted octanol–water partition coefficient (Wildman–Crippen LogP) is 1.91. The maximum atomic E-state index is 4.50. The number of hydrogen-bond acceptors (Lipinski definition) is 4. The summed E-state index contributed by atoms with van der Waals surface area (Å²) in [5, 5.41) is 15.6. The molecule has 28 heavy (non-hydrogen) atoms. The van der Waals surface area contributed by atoms with Crippen LogP contribution < -0.4 is 10.6 Å². The molecule has 3 aromatic rings. The van der Waals surface area contributed by atoms with Crippen LogP contribution in [-0.4, -0.2) is 43.6 Å². The van der Waals surface area contributed by atoms with Gasteiger partial charge in [0.05, 0.1) is 5.69 Å². The first-order valence-electron chi connectivity index (χ1n) is 9.39. The van der Waals surface area contributed by atoms with E-state index in [2.05, 4.69) is 51.6 Å². The summed E-state index contributed by atoms with van der Waals surface area (Å²) in [6.07, 6.45) is 6.31. The zero-order valence-electron chi connectivity index (χ0n) is 17.1. The van der Waals surface area contributed by atoms with E-state index in [0.717, 1.165) is 29.5 Å². The van der Waals surface area contributed by atoms with Crippen molar-refractivity contribution < 1.29 is 0 Å². The number of guanidine groups is 1. The van der Waals surface area contributed by atoms with Gasteiger partial charge in [-0.1, -0.05) is 0 Å². The Kier molecular flexibility index (Phi) is 6.08. The second kappa shape index (κ2) is 8.69. The van der Waals surface area contributed by atoms with E-state index in [-0.39, 0.29) is 6.04 Å². The number of aryl methyl sites for hydroxylation is 2. The van der Waals surface area contributed by atoms with Gasteiger partial charge in [-0.3, -0.25) is 9.67 Å². The predicted molar refractivity (Wildman–Crippen MR) is 111 cm³/mol. The molecule has 3 rings (SSSR count). The molecular weight excluding hydrogens is 352 g/mol. The summed E-state index contributed by atoms with van der Waals surface area (Å²) >= 11 is 0. The Labute approximate surface area is 165 Å². The van der Waals surface area contributed by atoms with E-state index in [9.17, 15) is 0 Å². The quantitative estimate of drug-likeness (QED) is 0.504. The fourth-order valence-corrected chi connectivity index (χ4v) is 3.18. The monoisotopic (exact) mass is 380 g/mol. The Morgan fingerprint density at radius 3 is 2.75 bits per heavy atom. The van der Waals surface area contributed by atoms with Crippen LogP contribution in [0.2, 0.25) is 0 Å². The minimum Gasteiger partial charge on any atom is -0.354 e. The lowest BCUT2D eigenvalue weighted by Gasteiger charge is -2.18. The van der Waals surface area contributed by atoms with E-state index in [4.69, 9.17) is 0 Å². The number of aromatic nitrogens is 5. The third-order valence-electron chi connectivity index (χ3n) is 4.78. The molecule has 1 unspecified atom stereocenters. The molecule has 0 aliphatic rings. The van der Waals surface area contributed by atoms with Crippen LogP contribution in [0, 0.1) is 13.8 Å². The molecule has 0 bridgehead atoms. The zero-order chi connectivity index (χ0) is 20.1. The molecule has 0 saturated carbocycles. The third kappa shape index (κ3) is 4.57. The largest absolute Gasteiger partial charge is 0.354 e. The van der Waals surface area contributed by atoms with Crippen molar-refractivity contribution in [1.82, 2.24) is 35.2 Å². The summed E-state index contributed by atoms with van der Waals surface area (Å²) in [7, 11) is 3.76. The Balaban J connectivity index is 1.58. The summed E-state index contributed by atoms with van der Waals surface area (Å²) in [4.78, 5) is 8.71. The first-order chi connectivity index (χ1) is 13.5. The van der Waals surface area contributed by atoms with Crippen molar-refractivity contribution in [2.75, 3.05) is 7.05 Å².